The lowest BCUT2D eigenvalue weighted by molar-refractivity contribution is 0.352. The molecule has 0 aromatic rings. The van der Waals surface area contributed by atoms with Gasteiger partial charge in [0.1, 0.15) is 0 Å². The molecule has 0 N–H and O–H groups in total. The van der Waals surface area contributed by atoms with Crippen LogP contribution in [0.2, 0.25) is 0 Å². The minimum Gasteiger partial charge on any atom is -0.0601 e. The molecule has 2 atom stereocenters. The number of allylic oxidation sites excluding steroid dienone is 8. The fourth-order valence-corrected chi connectivity index (χ4v) is 5.77. The van der Waals surface area contributed by atoms with Gasteiger partial charge in [-0.2, -0.15) is 0 Å². The van der Waals surface area contributed by atoms with Crippen LogP contribution in [0.3, 0.4) is 0 Å². The van der Waals surface area contributed by atoms with Crippen LogP contribution < -0.4 is 0 Å². The van der Waals surface area contributed by atoms with Crippen molar-refractivity contribution in [3.63, 3.8) is 0 Å². The van der Waals surface area contributed by atoms with Crippen molar-refractivity contribution in [2.75, 3.05) is 0 Å². The fourth-order valence-electron chi connectivity index (χ4n) is 5.77. The summed E-state index contributed by atoms with van der Waals surface area (Å²) in [7, 11) is 0. The number of rotatable bonds is 0. The summed E-state index contributed by atoms with van der Waals surface area (Å²) in [4.78, 5) is 0. The molecular weight excluding hydrogens is 288 g/mol. The average molecular weight is 325 g/mol. The topological polar surface area (TPSA) is 0 Å². The van der Waals surface area contributed by atoms with Gasteiger partial charge in [0.05, 0.1) is 0 Å². The molecule has 0 aromatic carbocycles. The van der Waals surface area contributed by atoms with Crippen molar-refractivity contribution in [2.45, 2.75) is 93.9 Å². The summed E-state index contributed by atoms with van der Waals surface area (Å²) in [5.41, 5.74) is 13.6. The molecule has 0 bridgehead atoms. The molecule has 0 nitrogen and oxygen atoms in total. The van der Waals surface area contributed by atoms with Gasteiger partial charge in [-0.1, -0.05) is 55.4 Å². The van der Waals surface area contributed by atoms with Crippen LogP contribution in [0.5, 0.6) is 0 Å². The Morgan fingerprint density at radius 3 is 1.29 bits per heavy atom. The van der Waals surface area contributed by atoms with E-state index < -0.39 is 0 Å². The Labute approximate surface area is 149 Å². The van der Waals surface area contributed by atoms with Gasteiger partial charge in [-0.05, 0) is 83.1 Å². The lowest BCUT2D eigenvalue weighted by atomic mass is 9.66. The fraction of sp³-hybridized carbons (Fsp3) is 0.667. The maximum absolute atomic E-state index is 2.52. The van der Waals surface area contributed by atoms with Crippen molar-refractivity contribution >= 4 is 0 Å². The van der Waals surface area contributed by atoms with Crippen molar-refractivity contribution < 1.29 is 0 Å². The molecule has 0 heterocycles. The molecule has 0 spiro atoms. The Kier molecular flexibility index (Phi) is 4.26. The minimum absolute atomic E-state index is 0.296. The van der Waals surface area contributed by atoms with Crippen molar-refractivity contribution in [2.24, 2.45) is 10.8 Å². The monoisotopic (exact) mass is 324 g/mol. The molecule has 0 amide bonds. The zero-order valence-electron chi connectivity index (χ0n) is 17.2. The summed E-state index contributed by atoms with van der Waals surface area (Å²) < 4.78 is 0. The highest BCUT2D eigenvalue weighted by Crippen LogP contribution is 2.58. The Morgan fingerprint density at radius 2 is 0.917 bits per heavy atom. The van der Waals surface area contributed by atoms with Crippen molar-refractivity contribution in [1.29, 1.82) is 0 Å². The first-order valence-corrected chi connectivity index (χ1v) is 9.91. The van der Waals surface area contributed by atoms with Gasteiger partial charge < -0.3 is 0 Å². The second kappa shape index (κ2) is 5.75. The predicted octanol–water partition coefficient (Wildman–Crippen LogP) is 7.69. The molecule has 0 aliphatic heterocycles. The van der Waals surface area contributed by atoms with Crippen LogP contribution in [0.25, 0.3) is 0 Å². The second-order valence-electron chi connectivity index (χ2n) is 9.11. The maximum atomic E-state index is 2.52. The average Bonchev–Trinajstić information content (AvgIpc) is 2.81. The molecule has 0 radical (unpaired) electrons. The van der Waals surface area contributed by atoms with E-state index in [-0.39, 0.29) is 0 Å². The second-order valence-corrected chi connectivity index (χ2v) is 9.11. The first kappa shape index (κ1) is 17.8. The first-order chi connectivity index (χ1) is 11.1. The van der Waals surface area contributed by atoms with E-state index in [2.05, 4.69) is 55.4 Å². The zero-order chi connectivity index (χ0) is 17.9. The molecule has 0 aromatic heterocycles. The third-order valence-electron chi connectivity index (χ3n) is 8.35. The Bertz CT molecular complexity index is 646. The van der Waals surface area contributed by atoms with Crippen LogP contribution >= 0.6 is 0 Å². The predicted molar refractivity (Wildman–Crippen MR) is 106 cm³/mol. The van der Waals surface area contributed by atoms with Crippen molar-refractivity contribution in [3.05, 3.63) is 44.6 Å². The molecular formula is C24H36. The van der Waals surface area contributed by atoms with Crippen molar-refractivity contribution in [1.82, 2.24) is 0 Å². The summed E-state index contributed by atoms with van der Waals surface area (Å²) >= 11 is 0. The van der Waals surface area contributed by atoms with Crippen LogP contribution in [0.1, 0.15) is 93.9 Å². The normalized spacial score (nSPS) is 35.0. The Balaban J connectivity index is 2.13. The van der Waals surface area contributed by atoms with E-state index >= 15 is 0 Å². The van der Waals surface area contributed by atoms with E-state index in [4.69, 9.17) is 0 Å². The van der Waals surface area contributed by atoms with Gasteiger partial charge in [0.2, 0.25) is 0 Å². The zero-order valence-corrected chi connectivity index (χ0v) is 17.2. The van der Waals surface area contributed by atoms with Crippen LogP contribution in [-0.2, 0) is 0 Å². The molecule has 132 valence electrons. The molecule has 0 saturated heterocycles. The lowest BCUT2D eigenvalue weighted by Gasteiger charge is -2.38. The largest absolute Gasteiger partial charge is 0.0601 e. The number of fused-ring (bicyclic) bond motifs is 2. The summed E-state index contributed by atoms with van der Waals surface area (Å²) in [6.45, 7) is 19.3. The maximum Gasteiger partial charge on any atom is 0.0104 e. The van der Waals surface area contributed by atoms with E-state index in [0.717, 1.165) is 0 Å². The number of hydrogen-bond donors (Lipinski definition) is 0. The van der Waals surface area contributed by atoms with Gasteiger partial charge in [0, 0.05) is 10.8 Å². The lowest BCUT2D eigenvalue weighted by Crippen LogP contribution is -2.25. The van der Waals surface area contributed by atoms with Gasteiger partial charge in [0.25, 0.3) is 0 Å². The van der Waals surface area contributed by atoms with Crippen molar-refractivity contribution in [3.8, 4) is 0 Å². The van der Waals surface area contributed by atoms with Gasteiger partial charge in [-0.3, -0.25) is 0 Å². The SMILES string of the molecule is CC1=C(C)C2(C)CCCCCC3(C)C(C)=C(C)C(C)=C3CC2=C1C. The Hall–Kier alpha value is -1.04. The highest BCUT2D eigenvalue weighted by atomic mass is 14.5. The van der Waals surface area contributed by atoms with Gasteiger partial charge in [-0.25, -0.2) is 0 Å². The smallest absolute Gasteiger partial charge is 0.0104 e. The molecule has 1 fully saturated rings. The van der Waals surface area contributed by atoms with E-state index in [1.807, 2.05) is 0 Å². The van der Waals surface area contributed by atoms with E-state index in [9.17, 15) is 0 Å². The quantitative estimate of drug-likeness (QED) is 0.428. The third-order valence-corrected chi connectivity index (χ3v) is 8.35. The summed E-state index contributed by atoms with van der Waals surface area (Å²) in [6, 6.07) is 0. The van der Waals surface area contributed by atoms with Crippen LogP contribution in [-0.4, -0.2) is 0 Å². The van der Waals surface area contributed by atoms with Gasteiger partial charge in [0.15, 0.2) is 0 Å². The Morgan fingerprint density at radius 1 is 0.542 bits per heavy atom. The summed E-state index contributed by atoms with van der Waals surface area (Å²) in [6.07, 6.45) is 7.96. The van der Waals surface area contributed by atoms with E-state index in [1.54, 1.807) is 44.6 Å². The summed E-state index contributed by atoms with van der Waals surface area (Å²) in [5.74, 6) is 0. The molecule has 1 saturated carbocycles. The minimum atomic E-state index is 0.296. The van der Waals surface area contributed by atoms with Gasteiger partial charge in [-0.15, -0.1) is 0 Å². The molecule has 3 rings (SSSR count). The molecule has 3 aliphatic rings. The van der Waals surface area contributed by atoms with E-state index in [0.29, 0.717) is 10.8 Å². The van der Waals surface area contributed by atoms with Crippen LogP contribution in [0, 0.1) is 10.8 Å². The third kappa shape index (κ3) is 2.25. The molecule has 3 aliphatic carbocycles. The number of hydrogen-bond acceptors (Lipinski definition) is 0. The van der Waals surface area contributed by atoms with E-state index in [1.165, 1.54) is 38.5 Å². The standard InChI is InChI=1S/C24H36/c1-15-17(3)21-14-22-18(4)16(2)20(6)24(22,8)13-11-9-10-12-23(21,7)19(15)5/h9-14H2,1-8H3. The molecule has 0 heteroatoms. The van der Waals surface area contributed by atoms with Crippen LogP contribution in [0.4, 0.5) is 0 Å². The molecule has 24 heavy (non-hydrogen) atoms. The highest BCUT2D eigenvalue weighted by molar-refractivity contribution is 5.57. The summed E-state index contributed by atoms with van der Waals surface area (Å²) in [5, 5.41) is 0. The first-order valence-electron chi connectivity index (χ1n) is 9.91. The van der Waals surface area contributed by atoms with Crippen LogP contribution in [0.15, 0.2) is 44.6 Å². The molecule has 2 unspecified atom stereocenters. The van der Waals surface area contributed by atoms with Gasteiger partial charge >= 0.3 is 0 Å². The highest BCUT2D eigenvalue weighted by Gasteiger charge is 2.44.